The summed E-state index contributed by atoms with van der Waals surface area (Å²) >= 11 is 0. The molecule has 0 bridgehead atoms. The fourth-order valence-electron chi connectivity index (χ4n) is 4.92. The molecule has 7 heteroatoms. The fraction of sp³-hybridized carbons (Fsp3) is 0.370. The van der Waals surface area contributed by atoms with E-state index in [-0.39, 0.29) is 29.1 Å². The predicted molar refractivity (Wildman–Crippen MR) is 125 cm³/mol. The lowest BCUT2D eigenvalue weighted by Gasteiger charge is -2.38. The Morgan fingerprint density at radius 2 is 2.03 bits per heavy atom. The van der Waals surface area contributed by atoms with Crippen molar-refractivity contribution in [3.8, 4) is 11.6 Å². The van der Waals surface area contributed by atoms with Crippen LogP contribution >= 0.6 is 0 Å². The first-order valence-corrected chi connectivity index (χ1v) is 11.7. The molecule has 0 N–H and O–H groups in total. The highest BCUT2D eigenvalue weighted by Crippen LogP contribution is 2.43. The molecule has 34 heavy (non-hydrogen) atoms. The Bertz CT molecular complexity index is 1160. The van der Waals surface area contributed by atoms with E-state index in [4.69, 9.17) is 9.47 Å². The van der Waals surface area contributed by atoms with E-state index in [0.717, 1.165) is 30.5 Å². The van der Waals surface area contributed by atoms with Gasteiger partial charge in [0.25, 0.3) is 5.91 Å². The first kappa shape index (κ1) is 22.5. The molecule has 0 unspecified atom stereocenters. The van der Waals surface area contributed by atoms with Gasteiger partial charge in [0.2, 0.25) is 5.88 Å². The van der Waals surface area contributed by atoms with Crippen LogP contribution in [-0.4, -0.2) is 46.6 Å². The van der Waals surface area contributed by atoms with E-state index in [1.165, 1.54) is 6.07 Å². The minimum atomic E-state index is -0.213. The molecule has 5 rings (SSSR count). The predicted octanol–water partition coefficient (Wildman–Crippen LogP) is 4.97. The minimum absolute atomic E-state index is 0.0757. The summed E-state index contributed by atoms with van der Waals surface area (Å²) in [6, 6.07) is 13.9. The first-order chi connectivity index (χ1) is 16.5. The number of nitrogens with zero attached hydrogens (tertiary/aromatic N) is 3. The largest absolute Gasteiger partial charge is 0.437 e. The third-order valence-corrected chi connectivity index (χ3v) is 6.85. The third-order valence-electron chi connectivity index (χ3n) is 6.85. The van der Waals surface area contributed by atoms with Gasteiger partial charge >= 0.3 is 0 Å². The monoisotopic (exact) mass is 461 g/mol. The average Bonchev–Trinajstić information content (AvgIpc) is 3.22. The molecule has 0 saturated carbocycles. The Morgan fingerprint density at radius 1 is 1.18 bits per heavy atom. The topological polar surface area (TPSA) is 64.5 Å². The normalized spacial score (nSPS) is 19.4. The van der Waals surface area contributed by atoms with Gasteiger partial charge in [0.1, 0.15) is 17.1 Å². The number of hydrogen-bond donors (Lipinski definition) is 0. The van der Waals surface area contributed by atoms with Gasteiger partial charge in [0.05, 0.1) is 18.9 Å². The maximum absolute atomic E-state index is 13.5. The van der Waals surface area contributed by atoms with E-state index in [9.17, 15) is 9.18 Å². The summed E-state index contributed by atoms with van der Waals surface area (Å²) in [5.74, 6) is 0.545. The molecule has 1 atom stereocenters. The lowest BCUT2D eigenvalue weighted by atomic mass is 9.76. The summed E-state index contributed by atoms with van der Waals surface area (Å²) in [5.41, 5.74) is 2.38. The van der Waals surface area contributed by atoms with E-state index in [0.29, 0.717) is 37.4 Å². The fourth-order valence-corrected chi connectivity index (χ4v) is 4.92. The maximum Gasteiger partial charge on any atom is 0.259 e. The summed E-state index contributed by atoms with van der Waals surface area (Å²) in [6.45, 7) is 3.92. The highest BCUT2D eigenvalue weighted by molar-refractivity contribution is 5.96. The quantitative estimate of drug-likeness (QED) is 0.537. The average molecular weight is 462 g/mol. The molecule has 2 aromatic heterocycles. The molecule has 2 saturated heterocycles. The molecule has 2 aliphatic rings. The number of aromatic nitrogens is 2. The molecule has 3 aromatic rings. The lowest BCUT2D eigenvalue weighted by molar-refractivity contribution is 0.0494. The first-order valence-electron chi connectivity index (χ1n) is 11.7. The van der Waals surface area contributed by atoms with E-state index < -0.39 is 0 Å². The van der Waals surface area contributed by atoms with Crippen molar-refractivity contribution in [1.29, 1.82) is 0 Å². The van der Waals surface area contributed by atoms with Crippen LogP contribution in [0.4, 0.5) is 4.39 Å². The Balaban J connectivity index is 1.21. The van der Waals surface area contributed by atoms with Gasteiger partial charge in [-0.2, -0.15) is 0 Å². The summed E-state index contributed by atoms with van der Waals surface area (Å²) in [6.07, 6.45) is 6.76. The van der Waals surface area contributed by atoms with Crippen LogP contribution in [0.25, 0.3) is 0 Å². The van der Waals surface area contributed by atoms with Crippen LogP contribution in [0.1, 0.15) is 40.9 Å². The Morgan fingerprint density at radius 3 is 2.79 bits per heavy atom. The number of carbonyl (C=O) groups is 1. The number of pyridine rings is 2. The Hall–Kier alpha value is -3.32. The smallest absolute Gasteiger partial charge is 0.259 e. The number of halogens is 1. The molecule has 1 spiro atoms. The van der Waals surface area contributed by atoms with Gasteiger partial charge in [-0.1, -0.05) is 12.1 Å². The summed E-state index contributed by atoms with van der Waals surface area (Å²) in [4.78, 5) is 23.7. The lowest BCUT2D eigenvalue weighted by Crippen LogP contribution is -2.43. The molecule has 1 aromatic carbocycles. The SMILES string of the molecule is Cc1ccc(Oc2ncccc2C(=O)N2CCC3(CC2)CO[C@H](Cc2cccc(F)c2)C3)cn1. The highest BCUT2D eigenvalue weighted by atomic mass is 19.1. The molecular weight excluding hydrogens is 433 g/mol. The van der Waals surface area contributed by atoms with Crippen LogP contribution in [0, 0.1) is 18.2 Å². The zero-order valence-electron chi connectivity index (χ0n) is 19.2. The van der Waals surface area contributed by atoms with Crippen LogP contribution in [0.2, 0.25) is 0 Å². The molecule has 176 valence electrons. The molecule has 6 nitrogen and oxygen atoms in total. The number of ether oxygens (including phenoxy) is 2. The van der Waals surface area contributed by atoms with Gasteiger partial charge in [-0.15, -0.1) is 0 Å². The van der Waals surface area contributed by atoms with E-state index >= 15 is 0 Å². The van der Waals surface area contributed by atoms with Crippen LogP contribution in [0.15, 0.2) is 60.9 Å². The number of likely N-dealkylation sites (tertiary alicyclic amines) is 1. The molecule has 0 radical (unpaired) electrons. The second-order valence-electron chi connectivity index (χ2n) is 9.36. The van der Waals surface area contributed by atoms with Crippen molar-refractivity contribution in [1.82, 2.24) is 14.9 Å². The van der Waals surface area contributed by atoms with Crippen molar-refractivity contribution < 1.29 is 18.7 Å². The van der Waals surface area contributed by atoms with Crippen molar-refractivity contribution in [3.63, 3.8) is 0 Å². The van der Waals surface area contributed by atoms with Crippen LogP contribution in [-0.2, 0) is 11.2 Å². The van der Waals surface area contributed by atoms with Crippen molar-refractivity contribution in [2.75, 3.05) is 19.7 Å². The Labute approximate surface area is 198 Å². The highest BCUT2D eigenvalue weighted by Gasteiger charge is 2.43. The molecular formula is C27H28FN3O3. The van der Waals surface area contributed by atoms with Gasteiger partial charge in [0.15, 0.2) is 0 Å². The number of benzene rings is 1. The van der Waals surface area contributed by atoms with Crippen LogP contribution < -0.4 is 4.74 Å². The van der Waals surface area contributed by atoms with Crippen LogP contribution in [0.3, 0.4) is 0 Å². The molecule has 2 aliphatic heterocycles. The summed E-state index contributed by atoms with van der Waals surface area (Å²) < 4.78 is 25.5. The van der Waals surface area contributed by atoms with E-state index in [2.05, 4.69) is 9.97 Å². The van der Waals surface area contributed by atoms with Crippen molar-refractivity contribution in [3.05, 3.63) is 83.6 Å². The van der Waals surface area contributed by atoms with Crippen LogP contribution in [0.5, 0.6) is 11.6 Å². The number of piperidine rings is 1. The van der Waals surface area contributed by atoms with Gasteiger partial charge in [-0.3, -0.25) is 9.78 Å². The van der Waals surface area contributed by atoms with Crippen molar-refractivity contribution in [2.24, 2.45) is 5.41 Å². The maximum atomic E-state index is 13.5. The zero-order valence-corrected chi connectivity index (χ0v) is 19.2. The van der Waals surface area contributed by atoms with Crippen molar-refractivity contribution in [2.45, 2.75) is 38.7 Å². The number of rotatable bonds is 5. The summed E-state index contributed by atoms with van der Waals surface area (Å²) in [5, 5.41) is 0. The second-order valence-corrected chi connectivity index (χ2v) is 9.36. The summed E-state index contributed by atoms with van der Waals surface area (Å²) in [7, 11) is 0. The molecule has 0 aliphatic carbocycles. The molecule has 4 heterocycles. The standard InChI is InChI=1S/C27H28FN3O3/c1-19-7-8-22(17-30-19)34-25-24(6-3-11-29-25)26(32)31-12-9-27(10-13-31)16-23(33-18-27)15-20-4-2-5-21(28)14-20/h2-8,11,14,17,23H,9-10,12-13,15-16,18H2,1H3/t23-/m1/s1. The second kappa shape index (κ2) is 9.50. The third kappa shape index (κ3) is 4.94. The van der Waals surface area contributed by atoms with Gasteiger partial charge in [0, 0.05) is 25.0 Å². The molecule has 2 fully saturated rings. The number of carbonyl (C=O) groups excluding carboxylic acids is 1. The molecule has 1 amide bonds. The van der Waals surface area contributed by atoms with Gasteiger partial charge in [-0.05, 0) is 80.0 Å². The van der Waals surface area contributed by atoms with Crippen molar-refractivity contribution >= 4 is 5.91 Å². The number of hydrogen-bond acceptors (Lipinski definition) is 5. The van der Waals surface area contributed by atoms with E-state index in [1.807, 2.05) is 30.0 Å². The zero-order chi connectivity index (χ0) is 23.5. The Kier molecular flexibility index (Phi) is 6.28. The number of amides is 1. The van der Waals surface area contributed by atoms with Gasteiger partial charge in [-0.25, -0.2) is 9.37 Å². The van der Waals surface area contributed by atoms with E-state index in [1.54, 1.807) is 36.7 Å². The number of aryl methyl sites for hydroxylation is 1. The minimum Gasteiger partial charge on any atom is -0.437 e. The van der Waals surface area contributed by atoms with Gasteiger partial charge < -0.3 is 14.4 Å².